The van der Waals surface area contributed by atoms with Crippen LogP contribution in [0.4, 0.5) is 82.2 Å². The van der Waals surface area contributed by atoms with Crippen LogP contribution < -0.4 is 51.5 Å². The SMILES string of the molecule is CC(=O)CC[C@H]1CN(c2ccc(N3CCOCC3)c(F)c2)C(=O)O1.CC(=O)OC(C)=O.Cl.ClC[C@@H]1CO1.N.NC[C@H]1CN(c2ccc(N3CCOCC3)c(F)c2)C(=O)O1.O=C(Nc1ccc(N2CCOCC2)c(F)c1)OCc1ccccc1.O=C1O[C@@H](CN=Cc2ccc(Cl)cc2)CN1c1ccc(N2CCOCC2)c(F)c1.O=Cc1ccc(Cl)cc1.O[C@H](CCl)CN=Cc1ccc(Cl)cc1. The van der Waals surface area contributed by atoms with E-state index in [0.29, 0.717) is 229 Å². The number of esters is 2. The van der Waals surface area contributed by atoms with Crippen LogP contribution in [0.25, 0.3) is 0 Å². The third-order valence-electron chi connectivity index (χ3n) is 20.1. The Hall–Kier alpha value is -11.0. The zero-order valence-corrected chi connectivity index (χ0v) is 79.2. The summed E-state index contributed by atoms with van der Waals surface area (Å²) in [7, 11) is 0. The number of alkyl halides is 2. The van der Waals surface area contributed by atoms with E-state index >= 15 is 0 Å². The first-order chi connectivity index (χ1) is 64.1. The maximum Gasteiger partial charge on any atom is 0.414 e. The normalized spacial score (nSPS) is 17.7. The molecule has 31 nitrogen and oxygen atoms in total. The van der Waals surface area contributed by atoms with Crippen LogP contribution >= 0.6 is 70.4 Å². The van der Waals surface area contributed by atoms with Crippen LogP contribution in [-0.4, -0.2) is 259 Å². The van der Waals surface area contributed by atoms with Crippen molar-refractivity contribution in [1.29, 1.82) is 0 Å². The number of aldehydes is 1. The average Bonchev–Trinajstić information content (AvgIpc) is 1.78. The molecule has 8 aromatic rings. The maximum atomic E-state index is 14.6. The molecule has 730 valence electrons. The summed E-state index contributed by atoms with van der Waals surface area (Å²) < 4.78 is 108. The molecule has 0 unspecified atom stereocenters. The van der Waals surface area contributed by atoms with Crippen molar-refractivity contribution in [2.24, 2.45) is 15.7 Å². The van der Waals surface area contributed by atoms with Crippen molar-refractivity contribution in [3.8, 4) is 0 Å². The second-order valence-electron chi connectivity index (χ2n) is 30.2. The van der Waals surface area contributed by atoms with E-state index in [4.69, 9.17) is 111 Å². The van der Waals surface area contributed by atoms with Gasteiger partial charge in [0.2, 0.25) is 0 Å². The Morgan fingerprint density at radius 3 is 1.22 bits per heavy atom. The van der Waals surface area contributed by atoms with Crippen molar-refractivity contribution in [3.63, 3.8) is 0 Å². The lowest BCUT2D eigenvalue weighted by Gasteiger charge is -2.29. The fraction of sp³-hybridized carbons (Fsp3) is 0.383. The molecular weight excluding hydrogens is 1890 g/mol. The van der Waals surface area contributed by atoms with Crippen LogP contribution in [0.3, 0.4) is 0 Å². The number of hydrogen-bond acceptors (Lipinski definition) is 27. The van der Waals surface area contributed by atoms with Crippen LogP contribution in [0.5, 0.6) is 0 Å². The van der Waals surface area contributed by atoms with Crippen molar-refractivity contribution in [2.75, 3.05) is 202 Å². The Morgan fingerprint density at radius 2 is 0.881 bits per heavy atom. The number of morpholine rings is 4. The Bertz CT molecular complexity index is 5100. The molecule has 4 amide bonds. The first kappa shape index (κ1) is 111. The molecule has 8 heterocycles. The summed E-state index contributed by atoms with van der Waals surface area (Å²) in [5, 5.41) is 13.7. The summed E-state index contributed by atoms with van der Waals surface area (Å²) in [6.45, 7) is 16.8. The molecule has 8 aromatic carbocycles. The van der Waals surface area contributed by atoms with Crippen LogP contribution in [0.15, 0.2) is 186 Å². The zero-order valence-electron chi connectivity index (χ0n) is 74.6. The number of cyclic esters (lactones) is 3. The number of hydrogen-bond donors (Lipinski definition) is 4. The van der Waals surface area contributed by atoms with Gasteiger partial charge < -0.3 is 88.8 Å². The number of nitrogens with two attached hydrogens (primary N) is 1. The lowest BCUT2D eigenvalue weighted by Crippen LogP contribution is -2.36. The van der Waals surface area contributed by atoms with E-state index in [1.165, 1.54) is 59.7 Å². The highest BCUT2D eigenvalue weighted by Gasteiger charge is 2.36. The summed E-state index contributed by atoms with van der Waals surface area (Å²) in [5.74, 6) is -1.64. The second-order valence-corrected chi connectivity index (χ2v) is 32.2. The lowest BCUT2D eigenvalue weighted by molar-refractivity contribution is -0.156. The van der Waals surface area contributed by atoms with Gasteiger partial charge in [0.15, 0.2) is 0 Å². The molecule has 8 aliphatic heterocycles. The molecule has 41 heteroatoms. The summed E-state index contributed by atoms with van der Waals surface area (Å²) in [5.41, 5.74) is 12.8. The number of ketones is 1. The van der Waals surface area contributed by atoms with Gasteiger partial charge in [-0.3, -0.25) is 44.4 Å². The molecule has 5 atom stereocenters. The van der Waals surface area contributed by atoms with E-state index in [-0.39, 0.29) is 85.0 Å². The largest absolute Gasteiger partial charge is 0.444 e. The van der Waals surface area contributed by atoms with E-state index in [1.54, 1.807) is 109 Å². The van der Waals surface area contributed by atoms with Crippen molar-refractivity contribution >= 4 is 177 Å². The smallest absolute Gasteiger partial charge is 0.414 e. The Balaban J connectivity index is 0.000000219. The maximum absolute atomic E-state index is 14.6. The quantitative estimate of drug-likeness (QED) is 0.00675. The summed E-state index contributed by atoms with van der Waals surface area (Å²) in [6, 6.07) is 49.7. The van der Waals surface area contributed by atoms with Gasteiger partial charge in [0.05, 0.1) is 156 Å². The van der Waals surface area contributed by atoms with Crippen molar-refractivity contribution in [3.05, 3.63) is 237 Å². The van der Waals surface area contributed by atoms with E-state index in [0.717, 1.165) is 29.6 Å². The molecule has 0 spiro atoms. The van der Waals surface area contributed by atoms with Gasteiger partial charge in [0.1, 0.15) is 60.3 Å². The first-order valence-corrected chi connectivity index (χ1v) is 44.8. The van der Waals surface area contributed by atoms with E-state index in [2.05, 4.69) is 20.0 Å². The van der Waals surface area contributed by atoms with Gasteiger partial charge in [-0.1, -0.05) is 102 Å². The Kier molecular flexibility index (Phi) is 48.6. The molecule has 7 N–H and O–H groups in total. The third kappa shape index (κ3) is 38.6. The molecule has 0 aliphatic carbocycles. The average molecular weight is 2000 g/mol. The molecule has 0 radical (unpaired) electrons. The van der Waals surface area contributed by atoms with Gasteiger partial charge in [-0.15, -0.1) is 35.6 Å². The first-order valence-electron chi connectivity index (χ1n) is 42.6. The monoisotopic (exact) mass is 2000 g/mol. The minimum Gasteiger partial charge on any atom is -0.444 e. The van der Waals surface area contributed by atoms with Crippen LogP contribution in [-0.2, 0) is 68.4 Å². The van der Waals surface area contributed by atoms with Crippen LogP contribution in [0.2, 0.25) is 15.1 Å². The number of halogens is 10. The van der Waals surface area contributed by atoms with Gasteiger partial charge in [-0.05, 0) is 139 Å². The van der Waals surface area contributed by atoms with Gasteiger partial charge in [0, 0.05) is 118 Å². The molecular formula is C94H110Cl6F4N12O19. The number of Topliss-reactive ketones (excluding diaryl/α,β-unsaturated/α-hetero) is 1. The van der Waals surface area contributed by atoms with Gasteiger partial charge in [-0.2, -0.15) is 0 Å². The number of nitrogens with one attached hydrogen (secondary N) is 1. The number of carbonyl (C=O) groups excluding carboxylic acids is 8. The van der Waals surface area contributed by atoms with Crippen molar-refractivity contribution in [1.82, 2.24) is 6.15 Å². The predicted molar refractivity (Wildman–Crippen MR) is 516 cm³/mol. The fourth-order valence-corrected chi connectivity index (χ4v) is 13.9. The molecule has 0 saturated carbocycles. The highest BCUT2D eigenvalue weighted by Crippen LogP contribution is 2.34. The van der Waals surface area contributed by atoms with Gasteiger partial charge in [-0.25, -0.2) is 36.7 Å². The number of aliphatic hydroxyl groups excluding tert-OH is 1. The number of anilines is 8. The second kappa shape index (κ2) is 59.1. The summed E-state index contributed by atoms with van der Waals surface area (Å²) in [6.07, 6.45) is 1.75. The van der Waals surface area contributed by atoms with Crippen LogP contribution in [0.1, 0.15) is 60.7 Å². The Morgan fingerprint density at radius 1 is 0.511 bits per heavy atom. The number of amides is 4. The standard InChI is InChI=1S/C21H21ClFN3O3.C18H19FN2O3.C17H21FN2O4.C14H18FN3O3.C10H11Cl2NO.C7H5ClO.C4H6O3.C3H5ClO.ClH.H3N/c22-16-3-1-15(2-4-16)12-24-13-18-14-26(21(27)29-18)17-5-6-20(19(23)11-17)25-7-9-28-10-8-25;19-16-12-15(6-7-17(16)21-8-10-23-11-9-21)20-18(22)24-13-14-4-2-1-3-5-14;1-12(21)2-4-14-11-20(17(22)24-14)13-3-5-16(15(18)10-13)19-6-8-23-9-7-19;15-12-7-10(18-9-11(8-16)21-14(18)19)1-2-13(12)17-3-5-20-6-4-17;11-5-10(14)7-13-6-8-1-3-9(12)4-2-8;8-7-3-1-6(5-9)2-4-7;1-3(5)7-4(2)6;4-1-3-2-5-3;;/h1-6,11-12,18H,7-10,13-14H2;1-7,12H,8-11,13H2,(H,20,22);3,5,10,14H,2,4,6-9,11H2,1H3;1-2,7,11H,3-6,8-9,16H2;1-4,6,10,14H,5,7H2;1-5H;1-2H3;3H,1-2H2;1H;1H3/t18-;;14-;11-;10-;;;3-;;/m0.001..1../s1. The van der Waals surface area contributed by atoms with E-state index in [1.807, 2.05) is 74.2 Å². The minimum absolute atomic E-state index is 0. The highest BCUT2D eigenvalue weighted by atomic mass is 35.5. The number of aliphatic hydroxyl groups is 1. The summed E-state index contributed by atoms with van der Waals surface area (Å²) >= 11 is 27.8. The number of carbonyl (C=O) groups is 8. The van der Waals surface area contributed by atoms with Gasteiger partial charge >= 0.3 is 36.3 Å². The lowest BCUT2D eigenvalue weighted by atomic mass is 10.1. The number of benzene rings is 8. The number of ether oxygens (including phenoxy) is 10. The van der Waals surface area contributed by atoms with Gasteiger partial charge in [0.25, 0.3) is 0 Å². The molecule has 8 fully saturated rings. The van der Waals surface area contributed by atoms with E-state index in [9.17, 15) is 55.9 Å². The number of epoxide rings is 1. The van der Waals surface area contributed by atoms with Crippen molar-refractivity contribution in [2.45, 2.75) is 70.7 Å². The number of aliphatic imine (C=N–C) groups is 2. The third-order valence-corrected chi connectivity index (χ3v) is 21.6. The minimum atomic E-state index is -0.614. The topological polar surface area (TPSA) is 373 Å². The molecule has 0 bridgehead atoms. The predicted octanol–water partition coefficient (Wildman–Crippen LogP) is 16.3. The zero-order chi connectivity index (χ0) is 95.6. The molecule has 8 saturated heterocycles. The number of rotatable bonds is 23. The van der Waals surface area contributed by atoms with E-state index < -0.39 is 42.4 Å². The summed E-state index contributed by atoms with van der Waals surface area (Å²) in [4.78, 5) is 109. The highest BCUT2D eigenvalue weighted by molar-refractivity contribution is 6.31. The Labute approximate surface area is 811 Å². The molecule has 135 heavy (non-hydrogen) atoms. The number of nitrogens with zero attached hydrogens (tertiary/aromatic N) is 9. The molecule has 16 rings (SSSR count). The molecule has 8 aliphatic rings. The molecule has 0 aromatic heterocycles. The van der Waals surface area contributed by atoms with Crippen LogP contribution in [0, 0.1) is 23.3 Å². The fourth-order valence-electron chi connectivity index (χ4n) is 13.2. The van der Waals surface area contributed by atoms with Crippen molar-refractivity contribution < 1.29 is 108 Å².